The summed E-state index contributed by atoms with van der Waals surface area (Å²) in [5.74, 6) is 0.661. The minimum absolute atomic E-state index is 0.0265. The Morgan fingerprint density at radius 2 is 1.65 bits per heavy atom. The van der Waals surface area contributed by atoms with Gasteiger partial charge in [-0.05, 0) is 80.4 Å². The Morgan fingerprint density at radius 3 is 2.19 bits per heavy atom. The molecule has 0 saturated carbocycles. The Morgan fingerprint density at radius 1 is 1.04 bits per heavy atom. The third kappa shape index (κ3) is 3.77. The van der Waals surface area contributed by atoms with Crippen LogP contribution in [0.25, 0.3) is 0 Å². The molecule has 0 aromatic heterocycles. The maximum absolute atomic E-state index is 12.6. The smallest absolute Gasteiger partial charge is 0.251 e. The predicted octanol–water partition coefficient (Wildman–Crippen LogP) is 3.53. The van der Waals surface area contributed by atoms with E-state index in [1.807, 2.05) is 48.5 Å². The lowest BCUT2D eigenvalue weighted by molar-refractivity contribution is 0.0620. The maximum Gasteiger partial charge on any atom is 0.251 e. The molecular formula is C21H21N3OS. The van der Waals surface area contributed by atoms with E-state index in [-0.39, 0.29) is 11.9 Å². The Labute approximate surface area is 158 Å². The number of rotatable bonds is 4. The molecule has 4 nitrogen and oxygen atoms in total. The molecule has 2 aromatic rings. The Kier molecular flexibility index (Phi) is 4.96. The second-order valence-electron chi connectivity index (χ2n) is 6.98. The molecular weight excluding hydrogens is 342 g/mol. The standard InChI is InChI=1S/C21H21N3OS/c22-13-15-1-5-18(6-2-15)26-19-7-3-17(4-8-19)21(25)23-20-14-24-11-9-16(20)10-12-24/h1-8,16,20H,9-12,14H2,(H,23,25). The summed E-state index contributed by atoms with van der Waals surface area (Å²) in [6.07, 6.45) is 2.40. The van der Waals surface area contributed by atoms with Crippen LogP contribution in [0.4, 0.5) is 0 Å². The number of hydrogen-bond acceptors (Lipinski definition) is 4. The minimum Gasteiger partial charge on any atom is -0.348 e. The summed E-state index contributed by atoms with van der Waals surface area (Å²) < 4.78 is 0. The summed E-state index contributed by atoms with van der Waals surface area (Å²) >= 11 is 1.62. The van der Waals surface area contributed by atoms with Crippen LogP contribution < -0.4 is 5.32 Å². The van der Waals surface area contributed by atoms with Crippen molar-refractivity contribution in [2.45, 2.75) is 28.7 Å². The van der Waals surface area contributed by atoms with E-state index in [2.05, 4.69) is 16.3 Å². The number of nitriles is 1. The summed E-state index contributed by atoms with van der Waals surface area (Å²) in [5, 5.41) is 12.1. The number of carbonyl (C=O) groups is 1. The van der Waals surface area contributed by atoms with Gasteiger partial charge in [0.1, 0.15) is 0 Å². The van der Waals surface area contributed by atoms with Gasteiger partial charge in [-0.2, -0.15) is 5.26 Å². The molecule has 3 fully saturated rings. The molecule has 3 aliphatic heterocycles. The highest BCUT2D eigenvalue weighted by molar-refractivity contribution is 7.99. The van der Waals surface area contributed by atoms with E-state index in [1.165, 1.54) is 25.9 Å². The van der Waals surface area contributed by atoms with Crippen LogP contribution >= 0.6 is 11.8 Å². The van der Waals surface area contributed by atoms with Crippen LogP contribution in [0, 0.1) is 17.2 Å². The van der Waals surface area contributed by atoms with E-state index in [9.17, 15) is 4.79 Å². The van der Waals surface area contributed by atoms with E-state index >= 15 is 0 Å². The lowest BCUT2D eigenvalue weighted by Crippen LogP contribution is -2.57. The van der Waals surface area contributed by atoms with Gasteiger partial charge >= 0.3 is 0 Å². The zero-order chi connectivity index (χ0) is 17.9. The van der Waals surface area contributed by atoms with Crippen molar-refractivity contribution in [2.24, 2.45) is 5.92 Å². The number of piperidine rings is 3. The van der Waals surface area contributed by atoms with Crippen molar-refractivity contribution in [3.05, 3.63) is 59.7 Å². The fourth-order valence-corrected chi connectivity index (χ4v) is 4.60. The number of benzene rings is 2. The van der Waals surface area contributed by atoms with E-state index in [0.717, 1.165) is 16.3 Å². The lowest BCUT2D eigenvalue weighted by atomic mass is 9.84. The molecule has 26 heavy (non-hydrogen) atoms. The maximum atomic E-state index is 12.6. The number of hydrogen-bond donors (Lipinski definition) is 1. The Hall–Kier alpha value is -2.29. The fraction of sp³-hybridized carbons (Fsp3) is 0.333. The summed E-state index contributed by atoms with van der Waals surface area (Å²) in [7, 11) is 0. The molecule has 0 aliphatic carbocycles. The van der Waals surface area contributed by atoms with Crippen molar-refractivity contribution in [1.29, 1.82) is 5.26 Å². The lowest BCUT2D eigenvalue weighted by Gasteiger charge is -2.44. The molecule has 1 unspecified atom stereocenters. The number of nitrogens with one attached hydrogen (secondary N) is 1. The van der Waals surface area contributed by atoms with Gasteiger partial charge < -0.3 is 10.2 Å². The highest BCUT2D eigenvalue weighted by Gasteiger charge is 2.34. The van der Waals surface area contributed by atoms with Crippen LogP contribution in [0.1, 0.15) is 28.8 Å². The van der Waals surface area contributed by atoms with E-state index < -0.39 is 0 Å². The zero-order valence-corrected chi connectivity index (χ0v) is 15.3. The summed E-state index contributed by atoms with van der Waals surface area (Å²) in [6.45, 7) is 3.35. The van der Waals surface area contributed by atoms with Gasteiger partial charge in [0.15, 0.2) is 0 Å². The average Bonchev–Trinajstić information content (AvgIpc) is 2.70. The van der Waals surface area contributed by atoms with Crippen molar-refractivity contribution in [3.63, 3.8) is 0 Å². The van der Waals surface area contributed by atoms with Gasteiger partial charge in [0.25, 0.3) is 5.91 Å². The molecule has 2 bridgehead atoms. The van der Waals surface area contributed by atoms with E-state index in [0.29, 0.717) is 17.0 Å². The van der Waals surface area contributed by atoms with Gasteiger partial charge in [0.2, 0.25) is 0 Å². The molecule has 5 heteroatoms. The van der Waals surface area contributed by atoms with Gasteiger partial charge in [-0.3, -0.25) is 4.79 Å². The van der Waals surface area contributed by atoms with Crippen molar-refractivity contribution in [2.75, 3.05) is 19.6 Å². The molecule has 0 spiro atoms. The number of amides is 1. The normalized spacial score (nSPS) is 24.0. The molecule has 3 heterocycles. The largest absolute Gasteiger partial charge is 0.348 e. The van der Waals surface area contributed by atoms with Crippen molar-refractivity contribution in [1.82, 2.24) is 10.2 Å². The second kappa shape index (κ2) is 7.53. The molecule has 3 saturated heterocycles. The molecule has 132 valence electrons. The van der Waals surface area contributed by atoms with E-state index in [1.54, 1.807) is 11.8 Å². The summed E-state index contributed by atoms with van der Waals surface area (Å²) in [6, 6.07) is 17.7. The third-order valence-electron chi connectivity index (χ3n) is 5.31. The predicted molar refractivity (Wildman–Crippen MR) is 102 cm³/mol. The molecule has 3 aliphatic rings. The van der Waals surface area contributed by atoms with Crippen molar-refractivity contribution in [3.8, 4) is 6.07 Å². The van der Waals surface area contributed by atoms with Gasteiger partial charge in [0, 0.05) is 27.9 Å². The van der Waals surface area contributed by atoms with Crippen LogP contribution in [0.5, 0.6) is 0 Å². The second-order valence-corrected chi connectivity index (χ2v) is 8.13. The first-order valence-corrected chi connectivity index (χ1v) is 9.84. The molecule has 1 atom stereocenters. The monoisotopic (exact) mass is 363 g/mol. The van der Waals surface area contributed by atoms with Crippen LogP contribution in [-0.2, 0) is 0 Å². The molecule has 1 amide bonds. The van der Waals surface area contributed by atoms with Crippen molar-refractivity contribution < 1.29 is 4.79 Å². The fourth-order valence-electron chi connectivity index (χ4n) is 3.79. The zero-order valence-electron chi connectivity index (χ0n) is 14.5. The first-order valence-electron chi connectivity index (χ1n) is 9.02. The van der Waals surface area contributed by atoms with Gasteiger partial charge in [-0.15, -0.1) is 0 Å². The Bertz CT molecular complexity index is 818. The Balaban J connectivity index is 1.37. The third-order valence-corrected chi connectivity index (χ3v) is 6.32. The average molecular weight is 363 g/mol. The van der Waals surface area contributed by atoms with Crippen LogP contribution in [0.15, 0.2) is 58.3 Å². The quantitative estimate of drug-likeness (QED) is 0.903. The van der Waals surface area contributed by atoms with Gasteiger partial charge in [0.05, 0.1) is 11.6 Å². The van der Waals surface area contributed by atoms with Gasteiger partial charge in [-0.25, -0.2) is 0 Å². The first kappa shape index (κ1) is 17.1. The number of nitrogens with zero attached hydrogens (tertiary/aromatic N) is 2. The summed E-state index contributed by atoms with van der Waals surface area (Å²) in [4.78, 5) is 17.2. The van der Waals surface area contributed by atoms with Crippen LogP contribution in [-0.4, -0.2) is 36.5 Å². The molecule has 2 aromatic carbocycles. The minimum atomic E-state index is 0.0265. The number of carbonyl (C=O) groups excluding carboxylic acids is 1. The first-order chi connectivity index (χ1) is 12.7. The molecule has 1 N–H and O–H groups in total. The highest BCUT2D eigenvalue weighted by atomic mass is 32.2. The molecule has 0 radical (unpaired) electrons. The number of fused-ring (bicyclic) bond motifs is 3. The molecule has 5 rings (SSSR count). The van der Waals surface area contributed by atoms with Crippen LogP contribution in [0.3, 0.4) is 0 Å². The van der Waals surface area contributed by atoms with Gasteiger partial charge in [-0.1, -0.05) is 11.8 Å². The van der Waals surface area contributed by atoms with E-state index in [4.69, 9.17) is 5.26 Å². The summed E-state index contributed by atoms with van der Waals surface area (Å²) in [5.41, 5.74) is 1.37. The topological polar surface area (TPSA) is 56.1 Å². The van der Waals surface area contributed by atoms with Crippen LogP contribution in [0.2, 0.25) is 0 Å². The highest BCUT2D eigenvalue weighted by Crippen LogP contribution is 2.29. The SMILES string of the molecule is N#Cc1ccc(Sc2ccc(C(=O)NC3CN4CCC3CC4)cc2)cc1. The van der Waals surface area contributed by atoms with Crippen molar-refractivity contribution >= 4 is 17.7 Å².